The molecule has 0 bridgehead atoms. The number of nitrogens with zero attached hydrogens (tertiary/aromatic N) is 4. The summed E-state index contributed by atoms with van der Waals surface area (Å²) >= 11 is 0. The molecule has 9 heteroatoms. The van der Waals surface area contributed by atoms with Crippen molar-refractivity contribution in [1.29, 1.82) is 0 Å². The van der Waals surface area contributed by atoms with Crippen molar-refractivity contribution < 1.29 is 14.3 Å². The van der Waals surface area contributed by atoms with Gasteiger partial charge in [0.15, 0.2) is 0 Å². The van der Waals surface area contributed by atoms with E-state index in [9.17, 15) is 9.59 Å². The summed E-state index contributed by atoms with van der Waals surface area (Å²) in [7, 11) is 3.04. The van der Waals surface area contributed by atoms with Gasteiger partial charge in [-0.15, -0.1) is 0 Å². The number of aryl methyl sites for hydroxylation is 2. The summed E-state index contributed by atoms with van der Waals surface area (Å²) < 4.78 is 13.0. The van der Waals surface area contributed by atoms with Crippen LogP contribution in [0.15, 0.2) is 53.6 Å². The molecule has 1 amide bonds. The highest BCUT2D eigenvalue weighted by molar-refractivity contribution is 5.92. The molecular weight excluding hydrogens is 410 g/mol. The van der Waals surface area contributed by atoms with E-state index in [4.69, 9.17) is 9.47 Å². The minimum atomic E-state index is -0.415. The number of hydrogen-bond acceptors (Lipinski definition) is 6. The fraction of sp³-hybridized carbons (Fsp3) is 0.217. The lowest BCUT2D eigenvalue weighted by Crippen LogP contribution is -2.30. The van der Waals surface area contributed by atoms with E-state index in [1.807, 2.05) is 32.0 Å². The lowest BCUT2D eigenvalue weighted by molar-refractivity contribution is -0.117. The number of rotatable bonds is 6. The maximum Gasteiger partial charge on any atom is 0.293 e. The van der Waals surface area contributed by atoms with Crippen molar-refractivity contribution in [3.8, 4) is 22.8 Å². The van der Waals surface area contributed by atoms with Crippen LogP contribution in [0.1, 0.15) is 11.1 Å². The van der Waals surface area contributed by atoms with Crippen LogP contribution in [0.3, 0.4) is 0 Å². The third kappa shape index (κ3) is 4.04. The van der Waals surface area contributed by atoms with E-state index < -0.39 is 11.5 Å². The van der Waals surface area contributed by atoms with E-state index in [1.165, 1.54) is 18.0 Å². The second kappa shape index (κ2) is 8.54. The van der Waals surface area contributed by atoms with Gasteiger partial charge in [-0.25, -0.2) is 9.20 Å². The van der Waals surface area contributed by atoms with Gasteiger partial charge in [0, 0.05) is 11.6 Å². The molecule has 9 nitrogen and oxygen atoms in total. The standard InChI is InChI=1S/C23H23N5O4/c1-14-5-6-15(2)17(9-14)19-11-20-23(30)27(24-13-28(20)26-19)12-22(29)25-18-8-7-16(31-3)10-21(18)32-4/h5-11,13H,12H2,1-4H3,(H,25,29). The molecule has 2 aromatic carbocycles. The van der Waals surface area contributed by atoms with Crippen LogP contribution in [0, 0.1) is 13.8 Å². The highest BCUT2D eigenvalue weighted by atomic mass is 16.5. The molecule has 0 spiro atoms. The summed E-state index contributed by atoms with van der Waals surface area (Å²) in [5.74, 6) is 0.632. The largest absolute Gasteiger partial charge is 0.497 e. The molecule has 4 rings (SSSR count). The molecule has 32 heavy (non-hydrogen) atoms. The maximum absolute atomic E-state index is 12.9. The monoisotopic (exact) mass is 433 g/mol. The van der Waals surface area contributed by atoms with Crippen LogP contribution in [0.2, 0.25) is 0 Å². The lowest BCUT2D eigenvalue weighted by atomic mass is 10.0. The first-order valence-electron chi connectivity index (χ1n) is 9.94. The summed E-state index contributed by atoms with van der Waals surface area (Å²) in [4.78, 5) is 25.5. The van der Waals surface area contributed by atoms with Gasteiger partial charge >= 0.3 is 0 Å². The molecule has 0 aliphatic carbocycles. The zero-order valence-corrected chi connectivity index (χ0v) is 18.2. The quantitative estimate of drug-likeness (QED) is 0.502. The van der Waals surface area contributed by atoms with Crippen molar-refractivity contribution in [3.05, 3.63) is 70.3 Å². The normalized spacial score (nSPS) is 10.9. The molecule has 2 heterocycles. The van der Waals surface area contributed by atoms with Crippen LogP contribution >= 0.6 is 0 Å². The van der Waals surface area contributed by atoms with Gasteiger partial charge in [0.25, 0.3) is 5.56 Å². The van der Waals surface area contributed by atoms with Crippen LogP contribution < -0.4 is 20.3 Å². The number of aromatic nitrogens is 4. The average Bonchev–Trinajstić information content (AvgIpc) is 3.22. The number of methoxy groups -OCH3 is 2. The van der Waals surface area contributed by atoms with E-state index in [1.54, 1.807) is 31.4 Å². The number of benzene rings is 2. The van der Waals surface area contributed by atoms with Gasteiger partial charge in [-0.3, -0.25) is 9.59 Å². The van der Waals surface area contributed by atoms with E-state index >= 15 is 0 Å². The van der Waals surface area contributed by atoms with Gasteiger partial charge in [0.05, 0.1) is 25.6 Å². The summed E-state index contributed by atoms with van der Waals surface area (Å²) in [5, 5.41) is 11.3. The van der Waals surface area contributed by atoms with Crippen molar-refractivity contribution >= 4 is 17.1 Å². The average molecular weight is 433 g/mol. The summed E-state index contributed by atoms with van der Waals surface area (Å²) in [6.45, 7) is 3.74. The lowest BCUT2D eigenvalue weighted by Gasteiger charge is -2.12. The predicted octanol–water partition coefficient (Wildman–Crippen LogP) is 2.83. The molecule has 164 valence electrons. The number of carbonyl (C=O) groups excluding carboxylic acids is 1. The predicted molar refractivity (Wildman–Crippen MR) is 120 cm³/mol. The Labute approximate surface area is 184 Å². The number of fused-ring (bicyclic) bond motifs is 1. The summed E-state index contributed by atoms with van der Waals surface area (Å²) in [5.41, 5.74) is 4.18. The van der Waals surface area contributed by atoms with E-state index in [-0.39, 0.29) is 6.54 Å². The van der Waals surface area contributed by atoms with Crippen LogP contribution in [0.25, 0.3) is 16.8 Å². The molecule has 0 aliphatic heterocycles. The first-order chi connectivity index (χ1) is 15.4. The second-order valence-corrected chi connectivity index (χ2v) is 7.39. The first-order valence-corrected chi connectivity index (χ1v) is 9.94. The molecule has 0 saturated heterocycles. The third-order valence-electron chi connectivity index (χ3n) is 5.13. The number of amides is 1. The molecule has 2 aromatic heterocycles. The van der Waals surface area contributed by atoms with Crippen LogP contribution in [-0.4, -0.2) is 39.5 Å². The molecule has 4 aromatic rings. The van der Waals surface area contributed by atoms with Crippen molar-refractivity contribution in [2.45, 2.75) is 20.4 Å². The molecule has 1 N–H and O–H groups in total. The first kappa shape index (κ1) is 21.1. The molecule has 0 radical (unpaired) electrons. The molecular formula is C23H23N5O4. The van der Waals surface area contributed by atoms with E-state index in [0.717, 1.165) is 21.4 Å². The fourth-order valence-electron chi connectivity index (χ4n) is 3.42. The van der Waals surface area contributed by atoms with E-state index in [0.29, 0.717) is 28.4 Å². The minimum absolute atomic E-state index is 0.255. The van der Waals surface area contributed by atoms with Crippen LogP contribution in [0.5, 0.6) is 11.5 Å². The van der Waals surface area contributed by atoms with Gasteiger partial charge in [-0.1, -0.05) is 17.7 Å². The van der Waals surface area contributed by atoms with Crippen molar-refractivity contribution in [1.82, 2.24) is 19.4 Å². The Balaban J connectivity index is 1.60. The zero-order valence-electron chi connectivity index (χ0n) is 18.2. The van der Waals surface area contributed by atoms with Gasteiger partial charge in [-0.2, -0.15) is 10.2 Å². The number of anilines is 1. The summed E-state index contributed by atoms with van der Waals surface area (Å²) in [6.07, 6.45) is 1.42. The molecule has 0 fully saturated rings. The Bertz CT molecular complexity index is 1370. The molecule has 0 aliphatic rings. The van der Waals surface area contributed by atoms with Crippen molar-refractivity contribution in [2.24, 2.45) is 0 Å². The highest BCUT2D eigenvalue weighted by Crippen LogP contribution is 2.29. The minimum Gasteiger partial charge on any atom is -0.497 e. The van der Waals surface area contributed by atoms with Crippen molar-refractivity contribution in [3.63, 3.8) is 0 Å². The SMILES string of the molecule is COc1ccc(NC(=O)Cn2ncn3nc(-c4cc(C)ccc4C)cc3c2=O)c(OC)c1. The smallest absolute Gasteiger partial charge is 0.293 e. The Kier molecular flexibility index (Phi) is 5.63. The Morgan fingerprint density at radius 1 is 1.06 bits per heavy atom. The van der Waals surface area contributed by atoms with Gasteiger partial charge < -0.3 is 14.8 Å². The maximum atomic E-state index is 12.9. The van der Waals surface area contributed by atoms with Gasteiger partial charge in [0.1, 0.15) is 29.9 Å². The summed E-state index contributed by atoms with van der Waals surface area (Å²) in [6, 6.07) is 12.8. The van der Waals surface area contributed by atoms with Crippen LogP contribution in [-0.2, 0) is 11.3 Å². The topological polar surface area (TPSA) is 99.8 Å². The fourth-order valence-corrected chi connectivity index (χ4v) is 3.42. The van der Waals surface area contributed by atoms with E-state index in [2.05, 4.69) is 15.5 Å². The molecule has 0 atom stereocenters. The second-order valence-electron chi connectivity index (χ2n) is 7.39. The van der Waals surface area contributed by atoms with Gasteiger partial charge in [0.2, 0.25) is 5.91 Å². The van der Waals surface area contributed by atoms with Crippen LogP contribution in [0.4, 0.5) is 5.69 Å². The molecule has 0 unspecified atom stereocenters. The third-order valence-corrected chi connectivity index (χ3v) is 5.13. The van der Waals surface area contributed by atoms with Crippen molar-refractivity contribution in [2.75, 3.05) is 19.5 Å². The van der Waals surface area contributed by atoms with Gasteiger partial charge in [-0.05, 0) is 43.7 Å². The number of carbonyl (C=O) groups is 1. The Hall–Kier alpha value is -4.14. The highest BCUT2D eigenvalue weighted by Gasteiger charge is 2.15. The number of nitrogens with one attached hydrogen (secondary N) is 1. The zero-order chi connectivity index (χ0) is 22.8. The number of hydrogen-bond donors (Lipinski definition) is 1. The number of ether oxygens (including phenoxy) is 2. The Morgan fingerprint density at radius 2 is 1.88 bits per heavy atom. The Morgan fingerprint density at radius 3 is 2.62 bits per heavy atom. The molecule has 0 saturated carbocycles.